The number of para-hydroxylation sites is 8. The Hall–Kier alpha value is -6.41. The molecule has 8 heteroatoms. The predicted molar refractivity (Wildman–Crippen MR) is 173 cm³/mol. The van der Waals surface area contributed by atoms with Crippen LogP contribution in [0.5, 0.6) is 23.0 Å². The van der Waals surface area contributed by atoms with Crippen LogP contribution in [0.4, 0.5) is 34.1 Å². The maximum Gasteiger partial charge on any atom is 0.207 e. The summed E-state index contributed by atoms with van der Waals surface area (Å²) in [5, 5.41) is 10.8. The highest BCUT2D eigenvalue weighted by Gasteiger charge is 2.27. The molecular formula is C37H24N4O4. The van der Waals surface area contributed by atoms with Gasteiger partial charge in [-0.3, -0.25) is 14.8 Å². The number of rotatable bonds is 5. The fourth-order valence-corrected chi connectivity index (χ4v) is 5.57. The monoisotopic (exact) mass is 588 g/mol. The SMILES string of the molecule is O=C(C=C(O)c1ccc(N2c3ccccc3Oc3ccccc32)cn1)c1ccc(N2c3ccccc3Oc3ccccc32)cn1. The largest absolute Gasteiger partial charge is 0.506 e. The molecule has 8 rings (SSSR count). The third kappa shape index (κ3) is 4.61. The van der Waals surface area contributed by atoms with Crippen molar-refractivity contribution in [2.75, 3.05) is 9.80 Å². The van der Waals surface area contributed by atoms with Gasteiger partial charge in [0.25, 0.3) is 0 Å². The van der Waals surface area contributed by atoms with Crippen LogP contribution in [-0.2, 0) is 0 Å². The van der Waals surface area contributed by atoms with Crippen molar-refractivity contribution in [3.05, 3.63) is 151 Å². The first-order chi connectivity index (χ1) is 22.1. The average molecular weight is 589 g/mol. The van der Waals surface area contributed by atoms with E-state index in [-0.39, 0.29) is 17.1 Å². The maximum atomic E-state index is 13.1. The van der Waals surface area contributed by atoms with Crippen LogP contribution in [0, 0.1) is 0 Å². The fourth-order valence-electron chi connectivity index (χ4n) is 5.57. The molecule has 4 heterocycles. The van der Waals surface area contributed by atoms with Crippen molar-refractivity contribution in [2.45, 2.75) is 0 Å². The summed E-state index contributed by atoms with van der Waals surface area (Å²) in [6.07, 6.45) is 4.44. The smallest absolute Gasteiger partial charge is 0.207 e. The second-order valence-electron chi connectivity index (χ2n) is 10.4. The third-order valence-electron chi connectivity index (χ3n) is 7.66. The van der Waals surface area contributed by atoms with Crippen LogP contribution in [-0.4, -0.2) is 20.9 Å². The second-order valence-corrected chi connectivity index (χ2v) is 10.4. The lowest BCUT2D eigenvalue weighted by Crippen LogP contribution is -2.16. The van der Waals surface area contributed by atoms with E-state index in [2.05, 4.69) is 9.97 Å². The molecule has 45 heavy (non-hydrogen) atoms. The van der Waals surface area contributed by atoms with Gasteiger partial charge in [0.2, 0.25) is 5.78 Å². The number of anilines is 6. The van der Waals surface area contributed by atoms with Gasteiger partial charge in [0.1, 0.15) is 17.1 Å². The fraction of sp³-hybridized carbons (Fsp3) is 0. The van der Waals surface area contributed by atoms with Crippen molar-refractivity contribution in [1.82, 2.24) is 9.97 Å². The lowest BCUT2D eigenvalue weighted by atomic mass is 10.1. The van der Waals surface area contributed by atoms with Crippen molar-refractivity contribution in [3.8, 4) is 23.0 Å². The number of hydrogen-bond acceptors (Lipinski definition) is 8. The van der Waals surface area contributed by atoms with Gasteiger partial charge in [-0.05, 0) is 72.8 Å². The Bertz CT molecular complexity index is 2020. The van der Waals surface area contributed by atoms with E-state index in [1.54, 1.807) is 24.5 Å². The van der Waals surface area contributed by atoms with Crippen LogP contribution in [0.1, 0.15) is 16.2 Å². The molecule has 2 aliphatic heterocycles. The quantitative estimate of drug-likeness (QED) is 0.121. The first-order valence-corrected chi connectivity index (χ1v) is 14.3. The average Bonchev–Trinajstić information content (AvgIpc) is 3.09. The summed E-state index contributed by atoms with van der Waals surface area (Å²) in [4.78, 5) is 26.1. The van der Waals surface area contributed by atoms with Crippen molar-refractivity contribution >= 4 is 45.7 Å². The normalized spacial score (nSPS) is 13.0. The van der Waals surface area contributed by atoms with Crippen molar-refractivity contribution in [1.29, 1.82) is 0 Å². The summed E-state index contributed by atoms with van der Waals surface area (Å²) in [5.74, 6) is 2.22. The van der Waals surface area contributed by atoms with Crippen LogP contribution in [0.15, 0.2) is 140 Å². The van der Waals surface area contributed by atoms with Crippen LogP contribution < -0.4 is 19.3 Å². The molecular weight excluding hydrogens is 564 g/mol. The molecule has 216 valence electrons. The van der Waals surface area contributed by atoms with Gasteiger partial charge in [0.05, 0.1) is 46.5 Å². The molecule has 0 aliphatic carbocycles. The molecule has 2 aliphatic rings. The first kappa shape index (κ1) is 26.2. The Morgan fingerprint density at radius 2 is 0.911 bits per heavy atom. The maximum absolute atomic E-state index is 13.1. The Morgan fingerprint density at radius 1 is 0.533 bits per heavy atom. The zero-order chi connectivity index (χ0) is 30.3. The first-order valence-electron chi connectivity index (χ1n) is 14.3. The summed E-state index contributed by atoms with van der Waals surface area (Å²) in [6, 6.07) is 38.0. The number of fused-ring (bicyclic) bond motifs is 4. The molecule has 0 radical (unpaired) electrons. The third-order valence-corrected chi connectivity index (χ3v) is 7.66. The van der Waals surface area contributed by atoms with E-state index >= 15 is 0 Å². The molecule has 8 nitrogen and oxygen atoms in total. The molecule has 0 bridgehead atoms. The number of benzene rings is 4. The van der Waals surface area contributed by atoms with Crippen LogP contribution in [0.3, 0.4) is 0 Å². The second kappa shape index (κ2) is 10.7. The number of carbonyl (C=O) groups excluding carboxylic acids is 1. The van der Waals surface area contributed by atoms with Gasteiger partial charge >= 0.3 is 0 Å². The summed E-state index contributed by atoms with van der Waals surface area (Å²) in [7, 11) is 0. The molecule has 1 N–H and O–H groups in total. The van der Waals surface area contributed by atoms with E-state index in [4.69, 9.17) is 9.47 Å². The van der Waals surface area contributed by atoms with Gasteiger partial charge in [0.15, 0.2) is 23.0 Å². The summed E-state index contributed by atoms with van der Waals surface area (Å²) in [5.41, 5.74) is 5.49. The molecule has 6 aromatic rings. The zero-order valence-electron chi connectivity index (χ0n) is 23.7. The van der Waals surface area contributed by atoms with Gasteiger partial charge in [0, 0.05) is 6.08 Å². The molecule has 0 atom stereocenters. The highest BCUT2D eigenvalue weighted by atomic mass is 16.5. The van der Waals surface area contributed by atoms with Crippen molar-refractivity contribution in [2.24, 2.45) is 0 Å². The number of carbonyl (C=O) groups is 1. The molecule has 0 saturated carbocycles. The van der Waals surface area contributed by atoms with Gasteiger partial charge in [-0.2, -0.15) is 0 Å². The molecule has 4 aromatic carbocycles. The Labute approximate surface area is 258 Å². The number of aliphatic hydroxyl groups excluding tert-OH is 1. The van der Waals surface area contributed by atoms with Gasteiger partial charge in [-0.1, -0.05) is 48.5 Å². The number of ketones is 1. The minimum Gasteiger partial charge on any atom is -0.506 e. The van der Waals surface area contributed by atoms with E-state index in [0.29, 0.717) is 0 Å². The number of ether oxygens (including phenoxy) is 2. The minimum atomic E-state index is -0.441. The molecule has 2 aromatic heterocycles. The summed E-state index contributed by atoms with van der Waals surface area (Å²) < 4.78 is 12.2. The molecule has 0 amide bonds. The number of hydrogen-bond donors (Lipinski definition) is 1. The van der Waals surface area contributed by atoms with E-state index in [1.165, 1.54) is 0 Å². The molecule has 0 unspecified atom stereocenters. The van der Waals surface area contributed by atoms with Crippen molar-refractivity contribution < 1.29 is 19.4 Å². The molecule has 0 fully saturated rings. The summed E-state index contributed by atoms with van der Waals surface area (Å²) in [6.45, 7) is 0. The highest BCUT2D eigenvalue weighted by Crippen LogP contribution is 2.51. The predicted octanol–water partition coefficient (Wildman–Crippen LogP) is 9.41. The lowest BCUT2D eigenvalue weighted by Gasteiger charge is -2.32. The molecule has 0 spiro atoms. The number of nitrogens with zero attached hydrogens (tertiary/aromatic N) is 4. The zero-order valence-corrected chi connectivity index (χ0v) is 23.7. The van der Waals surface area contributed by atoms with Gasteiger partial charge in [-0.25, -0.2) is 0 Å². The van der Waals surface area contributed by atoms with E-state index in [1.807, 2.05) is 119 Å². The Balaban J connectivity index is 1.05. The number of allylic oxidation sites excluding steroid dienone is 1. The Kier molecular flexibility index (Phi) is 6.24. The standard InChI is InChI=1S/C37H24N4O4/c42-32(26-19-17-24(22-38-26)40-28-9-1-5-13-34(28)44-35-14-6-2-10-29(35)40)21-33(43)27-20-18-25(23-39-27)41-30-11-3-7-15-36(30)45-37-16-8-4-12-31(37)41/h1-23,42H. The number of aromatic nitrogens is 2. The topological polar surface area (TPSA) is 88.0 Å². The Morgan fingerprint density at radius 3 is 1.29 bits per heavy atom. The van der Waals surface area contributed by atoms with E-state index in [9.17, 15) is 9.90 Å². The summed E-state index contributed by atoms with van der Waals surface area (Å²) >= 11 is 0. The lowest BCUT2D eigenvalue weighted by molar-refractivity contribution is 0.104. The molecule has 0 saturated heterocycles. The van der Waals surface area contributed by atoms with E-state index < -0.39 is 5.78 Å². The van der Waals surface area contributed by atoms with Gasteiger partial charge in [-0.15, -0.1) is 0 Å². The highest BCUT2D eigenvalue weighted by molar-refractivity contribution is 6.06. The van der Waals surface area contributed by atoms with Gasteiger partial charge < -0.3 is 24.4 Å². The van der Waals surface area contributed by atoms with Crippen molar-refractivity contribution in [3.63, 3.8) is 0 Å². The van der Waals surface area contributed by atoms with Crippen LogP contribution in [0.25, 0.3) is 5.76 Å². The van der Waals surface area contributed by atoms with E-state index in [0.717, 1.165) is 63.2 Å². The number of aliphatic hydroxyl groups is 1. The van der Waals surface area contributed by atoms with Crippen LogP contribution >= 0.6 is 0 Å². The number of pyridine rings is 2. The minimum absolute atomic E-state index is 0.193. The van der Waals surface area contributed by atoms with Crippen LogP contribution in [0.2, 0.25) is 0 Å².